The highest BCUT2D eigenvalue weighted by Gasteiger charge is 2.17. The van der Waals surface area contributed by atoms with Gasteiger partial charge in [0.2, 0.25) is 0 Å². The van der Waals surface area contributed by atoms with E-state index in [0.29, 0.717) is 0 Å². The van der Waals surface area contributed by atoms with Gasteiger partial charge in [-0.2, -0.15) is 0 Å². The number of hydrogen-bond donors (Lipinski definition) is 0. The summed E-state index contributed by atoms with van der Waals surface area (Å²) in [5, 5.41) is 10.1. The van der Waals surface area contributed by atoms with Crippen LogP contribution in [0, 0.1) is 0 Å². The molecule has 0 N–H and O–H groups in total. The maximum absolute atomic E-state index is 2.41. The van der Waals surface area contributed by atoms with E-state index in [1.165, 1.54) is 104 Å². The molecule has 0 amide bonds. The molecule has 0 saturated heterocycles. The second kappa shape index (κ2) is 16.5. The van der Waals surface area contributed by atoms with E-state index in [9.17, 15) is 0 Å². The summed E-state index contributed by atoms with van der Waals surface area (Å²) in [4.78, 5) is 2.36. The highest BCUT2D eigenvalue weighted by molar-refractivity contribution is 6.10. The van der Waals surface area contributed by atoms with E-state index in [0.717, 1.165) is 17.1 Å². The Morgan fingerprint density at radius 3 is 1.28 bits per heavy atom. The van der Waals surface area contributed by atoms with Gasteiger partial charge in [0.05, 0.1) is 16.7 Å². The molecule has 2 heteroatoms. The molecule has 0 saturated carbocycles. The second-order valence-electron chi connectivity index (χ2n) is 17.7. The van der Waals surface area contributed by atoms with Crippen LogP contribution in [-0.2, 0) is 0 Å². The molecule has 1 heterocycles. The number of hydrogen-bond acceptors (Lipinski definition) is 1. The van der Waals surface area contributed by atoms with Gasteiger partial charge in [0, 0.05) is 33.4 Å². The SMILES string of the molecule is c1ccc(-n2c3ccccc3c3ccccc32)c(-c2ccc(-c3ccc(N(c4ccc(-c5ccc6c(ccc7ccccc76)c5)cc4)c4ccc(-c5cccc6ccccc56)cc4)cc3)cc2)c1. The van der Waals surface area contributed by atoms with Crippen molar-refractivity contribution in [2.45, 2.75) is 0 Å². The number of rotatable bonds is 8. The molecule has 0 bridgehead atoms. The van der Waals surface area contributed by atoms with E-state index in [1.54, 1.807) is 0 Å². The molecule has 0 radical (unpaired) electrons. The summed E-state index contributed by atoms with van der Waals surface area (Å²) in [5.41, 5.74) is 16.4. The van der Waals surface area contributed by atoms with Crippen molar-refractivity contribution in [3.63, 3.8) is 0 Å². The minimum Gasteiger partial charge on any atom is -0.311 e. The van der Waals surface area contributed by atoms with Crippen LogP contribution in [-0.4, -0.2) is 4.57 Å². The van der Waals surface area contributed by atoms with Crippen LogP contribution in [0.3, 0.4) is 0 Å². The molecule has 0 aliphatic heterocycles. The maximum Gasteiger partial charge on any atom is 0.0541 e. The summed E-state index contributed by atoms with van der Waals surface area (Å²) in [6.07, 6.45) is 0. The molecule has 2 nitrogen and oxygen atoms in total. The average Bonchev–Trinajstić information content (AvgIpc) is 3.75. The Morgan fingerprint density at radius 1 is 0.235 bits per heavy atom. The lowest BCUT2D eigenvalue weighted by Gasteiger charge is -2.26. The van der Waals surface area contributed by atoms with Crippen molar-refractivity contribution in [3.8, 4) is 50.2 Å². The fraction of sp³-hybridized carbons (Fsp3) is 0. The molecule has 0 aliphatic rings. The summed E-state index contributed by atoms with van der Waals surface area (Å²) < 4.78 is 2.41. The van der Waals surface area contributed by atoms with Crippen LogP contribution in [0.5, 0.6) is 0 Å². The van der Waals surface area contributed by atoms with Gasteiger partial charge < -0.3 is 9.47 Å². The highest BCUT2D eigenvalue weighted by Crippen LogP contribution is 2.41. The lowest BCUT2D eigenvalue weighted by Crippen LogP contribution is -2.09. The molecule has 13 rings (SSSR count). The third kappa shape index (κ3) is 6.82. The molecule has 0 fully saturated rings. The van der Waals surface area contributed by atoms with E-state index < -0.39 is 0 Å². The van der Waals surface area contributed by atoms with Gasteiger partial charge in [-0.3, -0.25) is 0 Å². The first-order valence-corrected chi connectivity index (χ1v) is 23.4. The lowest BCUT2D eigenvalue weighted by molar-refractivity contribution is 1.18. The normalized spacial score (nSPS) is 11.5. The van der Waals surface area contributed by atoms with Gasteiger partial charge in [-0.1, -0.05) is 206 Å². The Kier molecular flexibility index (Phi) is 9.54. The Bertz CT molecular complexity index is 3930. The van der Waals surface area contributed by atoms with Gasteiger partial charge in [-0.25, -0.2) is 0 Å². The van der Waals surface area contributed by atoms with Crippen molar-refractivity contribution in [1.29, 1.82) is 0 Å². The molecular formula is C66H44N2. The molecule has 318 valence electrons. The first kappa shape index (κ1) is 39.4. The molecule has 0 spiro atoms. The summed E-state index contributed by atoms with van der Waals surface area (Å²) in [7, 11) is 0. The van der Waals surface area contributed by atoms with Crippen molar-refractivity contribution < 1.29 is 0 Å². The average molecular weight is 865 g/mol. The molecule has 0 atom stereocenters. The molecule has 13 aromatic rings. The van der Waals surface area contributed by atoms with Crippen LogP contribution in [0.4, 0.5) is 17.1 Å². The van der Waals surface area contributed by atoms with Crippen LogP contribution in [0.15, 0.2) is 267 Å². The van der Waals surface area contributed by atoms with Crippen LogP contribution in [0.1, 0.15) is 0 Å². The summed E-state index contributed by atoms with van der Waals surface area (Å²) >= 11 is 0. The van der Waals surface area contributed by atoms with Crippen molar-refractivity contribution >= 4 is 71.2 Å². The van der Waals surface area contributed by atoms with Gasteiger partial charge in [-0.05, 0) is 132 Å². The summed E-state index contributed by atoms with van der Waals surface area (Å²) in [6.45, 7) is 0. The highest BCUT2D eigenvalue weighted by atomic mass is 15.1. The fourth-order valence-electron chi connectivity index (χ4n) is 10.5. The Hall–Kier alpha value is -8.98. The van der Waals surface area contributed by atoms with E-state index in [2.05, 4.69) is 276 Å². The topological polar surface area (TPSA) is 8.17 Å². The minimum atomic E-state index is 1.09. The maximum atomic E-state index is 2.41. The van der Waals surface area contributed by atoms with Crippen LogP contribution in [0.25, 0.3) is 104 Å². The molecule has 0 aliphatic carbocycles. The first-order chi connectivity index (χ1) is 33.7. The van der Waals surface area contributed by atoms with Crippen LogP contribution >= 0.6 is 0 Å². The third-order valence-electron chi connectivity index (χ3n) is 13.8. The zero-order chi connectivity index (χ0) is 45.0. The predicted molar refractivity (Wildman–Crippen MR) is 290 cm³/mol. The Morgan fingerprint density at radius 2 is 0.632 bits per heavy atom. The number of anilines is 3. The molecule has 0 unspecified atom stereocenters. The van der Waals surface area contributed by atoms with E-state index >= 15 is 0 Å². The lowest BCUT2D eigenvalue weighted by atomic mass is 9.97. The zero-order valence-corrected chi connectivity index (χ0v) is 37.3. The second-order valence-corrected chi connectivity index (χ2v) is 17.7. The van der Waals surface area contributed by atoms with E-state index in [4.69, 9.17) is 0 Å². The monoisotopic (exact) mass is 864 g/mol. The van der Waals surface area contributed by atoms with Gasteiger partial charge in [-0.15, -0.1) is 0 Å². The summed E-state index contributed by atoms with van der Waals surface area (Å²) in [5.74, 6) is 0. The predicted octanol–water partition coefficient (Wildman–Crippen LogP) is 18.4. The zero-order valence-electron chi connectivity index (χ0n) is 37.3. The molecule has 68 heavy (non-hydrogen) atoms. The smallest absolute Gasteiger partial charge is 0.0541 e. The fourth-order valence-corrected chi connectivity index (χ4v) is 10.5. The van der Waals surface area contributed by atoms with Gasteiger partial charge in [0.25, 0.3) is 0 Å². The van der Waals surface area contributed by atoms with Gasteiger partial charge in [0.15, 0.2) is 0 Å². The standard InChI is InChI=1S/C66H44N2/c1-3-15-57-48(12-1)14-11-20-59(57)50-34-41-56(42-35-50)67(55-39-32-47(33-40-55)52-36-43-60-53(44-52)29-28-49-13-2-4-16-58(49)60)54-37-30-46(31-38-54)45-24-26-51(27-25-45)61-17-5-8-21-64(61)68-65-22-9-6-18-62(65)63-19-7-10-23-66(63)68/h1-44H. The quantitative estimate of drug-likeness (QED) is 0.138. The number of benzene rings is 12. The van der Waals surface area contributed by atoms with Crippen molar-refractivity contribution in [2.75, 3.05) is 4.90 Å². The number of nitrogens with zero attached hydrogens (tertiary/aromatic N) is 2. The molecular weight excluding hydrogens is 821 g/mol. The van der Waals surface area contributed by atoms with Crippen molar-refractivity contribution in [1.82, 2.24) is 4.57 Å². The Balaban J connectivity index is 0.841. The van der Waals surface area contributed by atoms with Crippen molar-refractivity contribution in [3.05, 3.63) is 267 Å². The first-order valence-electron chi connectivity index (χ1n) is 23.4. The minimum absolute atomic E-state index is 1.09. The van der Waals surface area contributed by atoms with Crippen LogP contribution < -0.4 is 4.90 Å². The van der Waals surface area contributed by atoms with Crippen LogP contribution in [0.2, 0.25) is 0 Å². The van der Waals surface area contributed by atoms with E-state index in [-0.39, 0.29) is 0 Å². The number of aromatic nitrogens is 1. The largest absolute Gasteiger partial charge is 0.311 e. The summed E-state index contributed by atoms with van der Waals surface area (Å²) in [6, 6.07) is 97.4. The molecule has 1 aromatic heterocycles. The third-order valence-corrected chi connectivity index (χ3v) is 13.8. The van der Waals surface area contributed by atoms with E-state index in [1.807, 2.05) is 0 Å². The van der Waals surface area contributed by atoms with Crippen molar-refractivity contribution in [2.24, 2.45) is 0 Å². The number of fused-ring (bicyclic) bond motifs is 7. The Labute approximate surface area is 395 Å². The number of para-hydroxylation sites is 3. The van der Waals surface area contributed by atoms with Gasteiger partial charge in [0.1, 0.15) is 0 Å². The van der Waals surface area contributed by atoms with Gasteiger partial charge >= 0.3 is 0 Å². The molecule has 12 aromatic carbocycles.